The van der Waals surface area contributed by atoms with Gasteiger partial charge in [-0.05, 0) is 50.2 Å². The van der Waals surface area contributed by atoms with Crippen molar-refractivity contribution in [1.29, 1.82) is 0 Å². The highest BCUT2D eigenvalue weighted by Gasteiger charge is 2.34. The van der Waals surface area contributed by atoms with Crippen LogP contribution in [0.5, 0.6) is 0 Å². The number of amides is 2. The van der Waals surface area contributed by atoms with E-state index in [9.17, 15) is 19.2 Å². The van der Waals surface area contributed by atoms with Crippen LogP contribution >= 0.6 is 0 Å². The summed E-state index contributed by atoms with van der Waals surface area (Å²) in [4.78, 5) is 67.7. The molecule has 40 heavy (non-hydrogen) atoms. The summed E-state index contributed by atoms with van der Waals surface area (Å²) in [5.41, 5.74) is 0.575. The minimum atomic E-state index is -0.480. The summed E-state index contributed by atoms with van der Waals surface area (Å²) in [7, 11) is 1.63. The number of aromatic amines is 2. The van der Waals surface area contributed by atoms with Gasteiger partial charge in [-0.15, -0.1) is 0 Å². The molecule has 5 rings (SSSR count). The van der Waals surface area contributed by atoms with Crippen molar-refractivity contribution < 1.29 is 14.3 Å². The molecule has 1 saturated carbocycles. The second-order valence-corrected chi connectivity index (χ2v) is 10.6. The molecule has 1 aliphatic heterocycles. The lowest BCUT2D eigenvalue weighted by Gasteiger charge is -2.24. The molecule has 2 N–H and O–H groups in total. The summed E-state index contributed by atoms with van der Waals surface area (Å²) in [6, 6.07) is 3.78. The number of aromatic nitrogens is 5. The molecule has 0 aromatic carbocycles. The van der Waals surface area contributed by atoms with Crippen LogP contribution in [-0.2, 0) is 27.3 Å². The van der Waals surface area contributed by atoms with Gasteiger partial charge in [0, 0.05) is 58.2 Å². The number of likely N-dealkylation sites (tertiary alicyclic amines) is 1. The molecule has 0 bridgehead atoms. The van der Waals surface area contributed by atoms with Crippen LogP contribution in [0.15, 0.2) is 27.9 Å². The van der Waals surface area contributed by atoms with Crippen LogP contribution in [0.3, 0.4) is 0 Å². The van der Waals surface area contributed by atoms with E-state index in [0.29, 0.717) is 62.6 Å². The SMILES string of the molecule is CCCn1c(=O)[nH]c(=O)c2[nH]c(CC[C@H](OC)c3ccc(N(CCCN4CCCC4=O)C(=O)C4CC4)nc3)nc21. The number of aryl methyl sites for hydroxylation is 2. The number of carbonyl (C=O) groups excluding carboxylic acids is 2. The molecule has 3 aromatic heterocycles. The third-order valence-corrected chi connectivity index (χ3v) is 7.65. The molecule has 3 aromatic rings. The number of H-pyrrole nitrogens is 2. The Bertz CT molecular complexity index is 1470. The fourth-order valence-electron chi connectivity index (χ4n) is 5.32. The summed E-state index contributed by atoms with van der Waals surface area (Å²) < 4.78 is 7.22. The van der Waals surface area contributed by atoms with Gasteiger partial charge in [0.25, 0.3) is 5.56 Å². The summed E-state index contributed by atoms with van der Waals surface area (Å²) in [5.74, 6) is 1.55. The average Bonchev–Trinajstić information content (AvgIpc) is 3.59. The van der Waals surface area contributed by atoms with Gasteiger partial charge >= 0.3 is 5.69 Å². The molecule has 2 fully saturated rings. The maximum atomic E-state index is 13.0. The van der Waals surface area contributed by atoms with Crippen LogP contribution < -0.4 is 16.1 Å². The van der Waals surface area contributed by atoms with Crippen molar-refractivity contribution in [3.05, 3.63) is 50.6 Å². The highest BCUT2D eigenvalue weighted by atomic mass is 16.5. The lowest BCUT2D eigenvalue weighted by Crippen LogP contribution is -2.36. The zero-order valence-electron chi connectivity index (χ0n) is 23.1. The number of imidazole rings is 1. The van der Waals surface area contributed by atoms with E-state index in [2.05, 4.69) is 19.9 Å². The number of fused-ring (bicyclic) bond motifs is 1. The minimum absolute atomic E-state index is 0.0614. The number of nitrogens with one attached hydrogen (secondary N) is 2. The van der Waals surface area contributed by atoms with Gasteiger partial charge in [0.2, 0.25) is 11.8 Å². The molecule has 1 atom stereocenters. The first-order valence-corrected chi connectivity index (χ1v) is 14.2. The molecule has 0 radical (unpaired) electrons. The van der Waals surface area contributed by atoms with E-state index in [1.165, 1.54) is 4.57 Å². The molecule has 2 aliphatic rings. The minimum Gasteiger partial charge on any atom is -0.377 e. The smallest absolute Gasteiger partial charge is 0.330 e. The molecule has 2 amide bonds. The first-order chi connectivity index (χ1) is 19.4. The first kappa shape index (κ1) is 27.8. The molecule has 0 unspecified atom stereocenters. The lowest BCUT2D eigenvalue weighted by atomic mass is 10.1. The standard InChI is InChI=1S/C28H37N7O5/c1-3-13-35-25-24(26(37)32-28(35)39)30-21(31-25)11-10-20(40-2)19-9-12-22(29-17-19)34(27(38)18-7-8-18)16-5-15-33-14-4-6-23(33)36/h9,12,17-18,20H,3-8,10-11,13-16H2,1-2H3,(H,30,31)(H,32,37,39)/t20-/m0/s1. The van der Waals surface area contributed by atoms with Crippen LogP contribution in [0, 0.1) is 5.92 Å². The molecule has 12 nitrogen and oxygen atoms in total. The Hall–Kier alpha value is -3.80. The fourth-order valence-corrected chi connectivity index (χ4v) is 5.32. The van der Waals surface area contributed by atoms with Gasteiger partial charge < -0.3 is 14.6 Å². The normalized spacial score (nSPS) is 16.1. The van der Waals surface area contributed by atoms with Crippen LogP contribution in [0.25, 0.3) is 11.2 Å². The largest absolute Gasteiger partial charge is 0.377 e. The number of methoxy groups -OCH3 is 1. The number of pyridine rings is 1. The van der Waals surface area contributed by atoms with E-state index >= 15 is 0 Å². The van der Waals surface area contributed by atoms with Gasteiger partial charge in [0.15, 0.2) is 5.65 Å². The van der Waals surface area contributed by atoms with Gasteiger partial charge in [0.1, 0.15) is 17.2 Å². The summed E-state index contributed by atoms with van der Waals surface area (Å²) >= 11 is 0. The Morgan fingerprint density at radius 1 is 1.20 bits per heavy atom. The van der Waals surface area contributed by atoms with Gasteiger partial charge in [-0.2, -0.15) is 0 Å². The molecule has 0 spiro atoms. The highest BCUT2D eigenvalue weighted by molar-refractivity contribution is 5.95. The zero-order valence-corrected chi connectivity index (χ0v) is 23.1. The summed E-state index contributed by atoms with van der Waals surface area (Å²) in [6.45, 7) is 4.39. The van der Waals surface area contributed by atoms with E-state index < -0.39 is 11.2 Å². The van der Waals surface area contributed by atoms with Crippen molar-refractivity contribution in [2.75, 3.05) is 31.6 Å². The number of nitrogens with zero attached hydrogens (tertiary/aromatic N) is 5. The van der Waals surface area contributed by atoms with Crippen LogP contribution in [-0.4, -0.2) is 68.0 Å². The number of anilines is 1. The summed E-state index contributed by atoms with van der Waals surface area (Å²) in [5, 5.41) is 0. The fraction of sp³-hybridized carbons (Fsp3) is 0.571. The maximum Gasteiger partial charge on any atom is 0.330 e. The highest BCUT2D eigenvalue weighted by Crippen LogP contribution is 2.33. The van der Waals surface area contributed by atoms with E-state index in [-0.39, 0.29) is 29.4 Å². The van der Waals surface area contributed by atoms with Crippen molar-refractivity contribution in [1.82, 2.24) is 29.4 Å². The van der Waals surface area contributed by atoms with Gasteiger partial charge in [-0.1, -0.05) is 13.0 Å². The number of hydrogen-bond donors (Lipinski definition) is 2. The first-order valence-electron chi connectivity index (χ1n) is 14.2. The Balaban J connectivity index is 1.26. The van der Waals surface area contributed by atoms with Crippen molar-refractivity contribution in [2.24, 2.45) is 5.92 Å². The maximum absolute atomic E-state index is 13.0. The Morgan fingerprint density at radius 3 is 2.67 bits per heavy atom. The van der Waals surface area contributed by atoms with E-state index in [4.69, 9.17) is 4.74 Å². The quantitative estimate of drug-likeness (QED) is 0.331. The van der Waals surface area contributed by atoms with Gasteiger partial charge in [-0.3, -0.25) is 28.8 Å². The molecular formula is C28H37N7O5. The molecule has 214 valence electrons. The third kappa shape index (κ3) is 6.01. The monoisotopic (exact) mass is 551 g/mol. The second kappa shape index (κ2) is 12.2. The number of rotatable bonds is 13. The topological polar surface area (TPSA) is 146 Å². The lowest BCUT2D eigenvalue weighted by molar-refractivity contribution is -0.127. The van der Waals surface area contributed by atoms with E-state index in [1.807, 2.05) is 24.0 Å². The zero-order chi connectivity index (χ0) is 28.2. The third-order valence-electron chi connectivity index (χ3n) is 7.65. The van der Waals surface area contributed by atoms with Crippen LogP contribution in [0.2, 0.25) is 0 Å². The van der Waals surface area contributed by atoms with Crippen molar-refractivity contribution in [3.8, 4) is 0 Å². The summed E-state index contributed by atoms with van der Waals surface area (Å²) in [6.07, 6.45) is 7.31. The van der Waals surface area contributed by atoms with Crippen molar-refractivity contribution in [2.45, 2.75) is 70.9 Å². The number of hydrogen-bond acceptors (Lipinski definition) is 7. The number of ether oxygens (including phenoxy) is 1. The molecule has 1 aliphatic carbocycles. The average molecular weight is 552 g/mol. The molecule has 1 saturated heterocycles. The van der Waals surface area contributed by atoms with Gasteiger partial charge in [-0.25, -0.2) is 14.8 Å². The Morgan fingerprint density at radius 2 is 2.02 bits per heavy atom. The van der Waals surface area contributed by atoms with E-state index in [1.54, 1.807) is 18.2 Å². The predicted octanol–water partition coefficient (Wildman–Crippen LogP) is 2.29. The second-order valence-electron chi connectivity index (χ2n) is 10.6. The molecule has 4 heterocycles. The van der Waals surface area contributed by atoms with Crippen LogP contribution in [0.1, 0.15) is 69.4 Å². The molecular weight excluding hydrogens is 514 g/mol. The van der Waals surface area contributed by atoms with Crippen molar-refractivity contribution in [3.63, 3.8) is 0 Å². The van der Waals surface area contributed by atoms with Gasteiger partial charge in [0.05, 0.1) is 6.10 Å². The Kier molecular flexibility index (Phi) is 8.43. The van der Waals surface area contributed by atoms with Crippen molar-refractivity contribution >= 4 is 28.8 Å². The molecule has 12 heteroatoms. The van der Waals surface area contributed by atoms with E-state index in [0.717, 1.165) is 37.8 Å². The predicted molar refractivity (Wildman–Crippen MR) is 149 cm³/mol. The Labute approximate surface area is 231 Å². The van der Waals surface area contributed by atoms with Crippen LogP contribution in [0.4, 0.5) is 5.82 Å². The number of carbonyl (C=O) groups is 2.